The molecule has 1 aromatic carbocycles. The average Bonchev–Trinajstić information content (AvgIpc) is 2.32. The minimum absolute atomic E-state index is 0.142. The van der Waals surface area contributed by atoms with E-state index in [0.29, 0.717) is 0 Å². The molecule has 3 N–H and O–H groups in total. The molecule has 0 saturated heterocycles. The summed E-state index contributed by atoms with van der Waals surface area (Å²) in [6.45, 7) is 0. The fourth-order valence-electron chi connectivity index (χ4n) is 1.27. The van der Waals surface area contributed by atoms with Crippen molar-refractivity contribution in [1.29, 1.82) is 0 Å². The zero-order valence-electron chi connectivity index (χ0n) is 6.17. The summed E-state index contributed by atoms with van der Waals surface area (Å²) in [5, 5.41) is 2.70. The van der Waals surface area contributed by atoms with Gasteiger partial charge in [-0.15, -0.1) is 0 Å². The molecule has 1 aromatic rings. The summed E-state index contributed by atoms with van der Waals surface area (Å²) >= 11 is 3.33. The molecule has 0 aliphatic carbocycles. The van der Waals surface area contributed by atoms with Gasteiger partial charge >= 0.3 is 0 Å². The fraction of sp³-hybridized carbons (Fsp3) is 0.125. The van der Waals surface area contributed by atoms with Crippen molar-refractivity contribution in [1.82, 2.24) is 0 Å². The van der Waals surface area contributed by atoms with Crippen molar-refractivity contribution >= 4 is 27.5 Å². The van der Waals surface area contributed by atoms with Crippen molar-refractivity contribution in [3.05, 3.63) is 28.2 Å². The van der Waals surface area contributed by atoms with Gasteiger partial charge < -0.3 is 11.1 Å². The van der Waals surface area contributed by atoms with Gasteiger partial charge in [0.05, 0.1) is 5.69 Å². The number of hydrogen-bond acceptors (Lipinski definition) is 2. The van der Waals surface area contributed by atoms with E-state index in [4.69, 9.17) is 5.73 Å². The summed E-state index contributed by atoms with van der Waals surface area (Å²) in [7, 11) is 0. The number of carbonyl (C=O) groups is 1. The maximum absolute atomic E-state index is 11.1. The number of nitrogens with two attached hydrogens (primary N) is 1. The van der Waals surface area contributed by atoms with Gasteiger partial charge in [-0.3, -0.25) is 4.79 Å². The van der Waals surface area contributed by atoms with Crippen LogP contribution in [0.5, 0.6) is 0 Å². The second-order valence-electron chi connectivity index (χ2n) is 2.67. The summed E-state index contributed by atoms with van der Waals surface area (Å²) < 4.78 is 0.876. The van der Waals surface area contributed by atoms with Crippen LogP contribution in [0.25, 0.3) is 0 Å². The number of hydrogen-bond donors (Lipinski definition) is 2. The Kier molecular flexibility index (Phi) is 1.66. The van der Waals surface area contributed by atoms with Crippen molar-refractivity contribution in [2.45, 2.75) is 6.04 Å². The molecule has 0 unspecified atom stereocenters. The molecule has 0 fully saturated rings. The van der Waals surface area contributed by atoms with Crippen molar-refractivity contribution in [3.63, 3.8) is 0 Å². The number of anilines is 1. The van der Waals surface area contributed by atoms with E-state index in [1.165, 1.54) is 0 Å². The standard InChI is InChI=1S/C8H7BrN2O/c9-5-3-1-2-4-6(10)8(12)11-7(4)5/h1-3,6H,10H2,(H,11,12)/t6-/m1/s1. The van der Waals surface area contributed by atoms with E-state index in [-0.39, 0.29) is 5.91 Å². The number of amides is 1. The quantitative estimate of drug-likeness (QED) is 0.703. The van der Waals surface area contributed by atoms with Crippen molar-refractivity contribution in [3.8, 4) is 0 Å². The predicted molar refractivity (Wildman–Crippen MR) is 49.7 cm³/mol. The highest BCUT2D eigenvalue weighted by Crippen LogP contribution is 2.34. The lowest BCUT2D eigenvalue weighted by atomic mass is 10.1. The summed E-state index contributed by atoms with van der Waals surface area (Å²) in [6.07, 6.45) is 0. The summed E-state index contributed by atoms with van der Waals surface area (Å²) in [4.78, 5) is 11.1. The molecule has 1 atom stereocenters. The van der Waals surface area contributed by atoms with Crippen LogP contribution in [-0.4, -0.2) is 5.91 Å². The molecule has 0 radical (unpaired) electrons. The number of carbonyl (C=O) groups excluding carboxylic acids is 1. The SMILES string of the molecule is N[C@H]1C(=O)Nc2c(Br)cccc21. The molecule has 4 heteroatoms. The van der Waals surface area contributed by atoms with Gasteiger partial charge in [-0.05, 0) is 22.0 Å². The third-order valence-corrected chi connectivity index (χ3v) is 2.57. The highest BCUT2D eigenvalue weighted by Gasteiger charge is 2.27. The maximum atomic E-state index is 11.1. The van der Waals surface area contributed by atoms with Crippen LogP contribution >= 0.6 is 15.9 Å². The van der Waals surface area contributed by atoms with Crippen LogP contribution in [0.4, 0.5) is 5.69 Å². The Labute approximate surface area is 78.1 Å². The topological polar surface area (TPSA) is 55.1 Å². The molecular weight excluding hydrogens is 220 g/mol. The minimum atomic E-state index is -0.516. The van der Waals surface area contributed by atoms with E-state index in [0.717, 1.165) is 15.7 Å². The number of nitrogens with one attached hydrogen (secondary N) is 1. The summed E-state index contributed by atoms with van der Waals surface area (Å²) in [5.74, 6) is -0.142. The lowest BCUT2D eigenvalue weighted by molar-refractivity contribution is -0.116. The number of fused-ring (bicyclic) bond motifs is 1. The minimum Gasteiger partial charge on any atom is -0.323 e. The van der Waals surface area contributed by atoms with Crippen LogP contribution in [0, 0.1) is 0 Å². The first kappa shape index (κ1) is 7.76. The predicted octanol–water partition coefficient (Wildman–Crippen LogP) is 1.40. The molecule has 1 amide bonds. The number of rotatable bonds is 0. The van der Waals surface area contributed by atoms with E-state index >= 15 is 0 Å². The Bertz CT molecular complexity index is 351. The average molecular weight is 227 g/mol. The molecule has 62 valence electrons. The molecule has 12 heavy (non-hydrogen) atoms. The van der Waals surface area contributed by atoms with Gasteiger partial charge in [-0.25, -0.2) is 0 Å². The molecule has 0 bridgehead atoms. The van der Waals surface area contributed by atoms with Gasteiger partial charge in [0, 0.05) is 10.0 Å². The second kappa shape index (κ2) is 2.57. The Morgan fingerprint density at radius 2 is 2.25 bits per heavy atom. The smallest absolute Gasteiger partial charge is 0.246 e. The summed E-state index contributed by atoms with van der Waals surface area (Å²) in [6, 6.07) is 5.07. The Morgan fingerprint density at radius 3 is 2.92 bits per heavy atom. The van der Waals surface area contributed by atoms with Gasteiger partial charge in [0.15, 0.2) is 0 Å². The van der Waals surface area contributed by atoms with Crippen molar-refractivity contribution < 1.29 is 4.79 Å². The first-order valence-corrected chi connectivity index (χ1v) is 4.34. The Balaban J connectivity index is 2.60. The lowest BCUT2D eigenvalue weighted by Crippen LogP contribution is -2.19. The van der Waals surface area contributed by atoms with Crippen LogP contribution in [0.2, 0.25) is 0 Å². The molecular formula is C8H7BrN2O. The number of halogens is 1. The molecule has 0 aromatic heterocycles. The summed E-state index contributed by atoms with van der Waals surface area (Å²) in [5.41, 5.74) is 7.28. The van der Waals surface area contributed by atoms with Gasteiger partial charge in [-0.1, -0.05) is 12.1 Å². The normalized spacial score (nSPS) is 20.5. The highest BCUT2D eigenvalue weighted by atomic mass is 79.9. The fourth-order valence-corrected chi connectivity index (χ4v) is 1.75. The zero-order valence-corrected chi connectivity index (χ0v) is 7.76. The molecule has 2 rings (SSSR count). The largest absolute Gasteiger partial charge is 0.323 e. The monoisotopic (exact) mass is 226 g/mol. The Morgan fingerprint density at radius 1 is 1.50 bits per heavy atom. The van der Waals surface area contributed by atoms with Crippen LogP contribution in [0.15, 0.2) is 22.7 Å². The molecule has 1 aliphatic heterocycles. The van der Waals surface area contributed by atoms with Crippen molar-refractivity contribution in [2.75, 3.05) is 5.32 Å². The van der Waals surface area contributed by atoms with Gasteiger partial charge in [-0.2, -0.15) is 0 Å². The van der Waals surface area contributed by atoms with Crippen molar-refractivity contribution in [2.24, 2.45) is 5.73 Å². The third-order valence-electron chi connectivity index (χ3n) is 1.91. The zero-order chi connectivity index (χ0) is 8.72. The van der Waals surface area contributed by atoms with Gasteiger partial charge in [0.25, 0.3) is 0 Å². The maximum Gasteiger partial charge on any atom is 0.246 e. The van der Waals surface area contributed by atoms with E-state index in [1.807, 2.05) is 18.2 Å². The molecule has 1 heterocycles. The molecule has 1 aliphatic rings. The van der Waals surface area contributed by atoms with Crippen LogP contribution in [0.3, 0.4) is 0 Å². The first-order valence-electron chi connectivity index (χ1n) is 3.55. The molecule has 0 spiro atoms. The Hall–Kier alpha value is -0.870. The first-order chi connectivity index (χ1) is 5.70. The van der Waals surface area contributed by atoms with E-state index in [2.05, 4.69) is 21.2 Å². The number of para-hydroxylation sites is 1. The third kappa shape index (κ3) is 0.956. The van der Waals surface area contributed by atoms with E-state index in [9.17, 15) is 4.79 Å². The molecule has 3 nitrogen and oxygen atoms in total. The number of benzene rings is 1. The van der Waals surface area contributed by atoms with Crippen LogP contribution in [-0.2, 0) is 4.79 Å². The highest BCUT2D eigenvalue weighted by molar-refractivity contribution is 9.10. The second-order valence-corrected chi connectivity index (χ2v) is 3.53. The van der Waals surface area contributed by atoms with Crippen LogP contribution in [0.1, 0.15) is 11.6 Å². The molecule has 0 saturated carbocycles. The van der Waals surface area contributed by atoms with Crippen LogP contribution < -0.4 is 11.1 Å². The van der Waals surface area contributed by atoms with E-state index < -0.39 is 6.04 Å². The van der Waals surface area contributed by atoms with E-state index in [1.54, 1.807) is 0 Å². The lowest BCUT2D eigenvalue weighted by Gasteiger charge is -2.00. The van der Waals surface area contributed by atoms with Gasteiger partial charge in [0.1, 0.15) is 6.04 Å². The van der Waals surface area contributed by atoms with Gasteiger partial charge in [0.2, 0.25) is 5.91 Å².